The maximum absolute atomic E-state index is 11.5. The molecule has 20 heavy (non-hydrogen) atoms. The Morgan fingerprint density at radius 3 is 2.15 bits per heavy atom. The monoisotopic (exact) mass is 281 g/mol. The Balaban J connectivity index is 2.38. The van der Waals surface area contributed by atoms with E-state index in [1.165, 1.54) is 0 Å². The quantitative estimate of drug-likeness (QED) is 0.725. The zero-order chi connectivity index (χ0) is 15.2. The van der Waals surface area contributed by atoms with Crippen molar-refractivity contribution in [1.29, 1.82) is 0 Å². The predicted molar refractivity (Wildman–Crippen MR) is 74.5 cm³/mol. The lowest BCUT2D eigenvalue weighted by Gasteiger charge is -2.19. The van der Waals surface area contributed by atoms with Crippen LogP contribution in [0, 0.1) is 0 Å². The number of carbonyl (C=O) groups is 2. The van der Waals surface area contributed by atoms with E-state index in [4.69, 9.17) is 9.47 Å². The molecule has 0 saturated carbocycles. The molecule has 0 bridgehead atoms. The van der Waals surface area contributed by atoms with Crippen molar-refractivity contribution in [1.82, 2.24) is 10.9 Å². The molecule has 0 radical (unpaired) electrons. The van der Waals surface area contributed by atoms with E-state index in [-0.39, 0.29) is 0 Å². The SMILES string of the molecule is COc1ccc(NC(=O)NNC(=O)OC(C)(C)C)cc1. The lowest BCUT2D eigenvalue weighted by atomic mass is 10.2. The molecule has 0 atom stereocenters. The van der Waals surface area contributed by atoms with E-state index in [1.807, 2.05) is 0 Å². The van der Waals surface area contributed by atoms with Crippen LogP contribution in [0.15, 0.2) is 24.3 Å². The Hall–Kier alpha value is -2.44. The van der Waals surface area contributed by atoms with Gasteiger partial charge in [-0.3, -0.25) is 0 Å². The minimum absolute atomic E-state index is 0.564. The molecular formula is C13H19N3O4. The average molecular weight is 281 g/mol. The molecule has 0 aromatic heterocycles. The molecule has 0 spiro atoms. The largest absolute Gasteiger partial charge is 0.497 e. The van der Waals surface area contributed by atoms with Gasteiger partial charge in [-0.1, -0.05) is 0 Å². The third kappa shape index (κ3) is 5.94. The summed E-state index contributed by atoms with van der Waals surface area (Å²) in [5.41, 5.74) is 4.25. The number of amides is 3. The molecule has 0 unspecified atom stereocenters. The summed E-state index contributed by atoms with van der Waals surface area (Å²) in [5, 5.41) is 2.54. The summed E-state index contributed by atoms with van der Waals surface area (Å²) in [7, 11) is 1.56. The van der Waals surface area contributed by atoms with E-state index >= 15 is 0 Å². The summed E-state index contributed by atoms with van der Waals surface area (Å²) in [6.07, 6.45) is -0.734. The lowest BCUT2D eigenvalue weighted by Crippen LogP contribution is -2.46. The summed E-state index contributed by atoms with van der Waals surface area (Å²) in [4.78, 5) is 22.8. The topological polar surface area (TPSA) is 88.7 Å². The molecule has 110 valence electrons. The molecule has 0 aliphatic rings. The summed E-state index contributed by atoms with van der Waals surface area (Å²) in [5.74, 6) is 0.683. The van der Waals surface area contributed by atoms with E-state index < -0.39 is 17.7 Å². The highest BCUT2D eigenvalue weighted by Crippen LogP contribution is 2.14. The van der Waals surface area contributed by atoms with Gasteiger partial charge in [0.2, 0.25) is 0 Å². The zero-order valence-corrected chi connectivity index (χ0v) is 11.9. The number of hydrogen-bond acceptors (Lipinski definition) is 4. The first-order valence-corrected chi connectivity index (χ1v) is 6.00. The first-order valence-electron chi connectivity index (χ1n) is 6.00. The van der Waals surface area contributed by atoms with E-state index in [0.717, 1.165) is 0 Å². The highest BCUT2D eigenvalue weighted by molar-refractivity contribution is 5.90. The Kier molecular flexibility index (Phi) is 5.19. The number of nitrogens with one attached hydrogen (secondary N) is 3. The van der Waals surface area contributed by atoms with Crippen LogP contribution in [-0.2, 0) is 4.74 Å². The standard InChI is InChI=1S/C13H19N3O4/c1-13(2,3)20-12(18)16-15-11(17)14-9-5-7-10(19-4)8-6-9/h5-8H,1-4H3,(H,16,18)(H2,14,15,17). The van der Waals surface area contributed by atoms with Gasteiger partial charge in [0.05, 0.1) is 7.11 Å². The van der Waals surface area contributed by atoms with Crippen molar-refractivity contribution < 1.29 is 19.1 Å². The summed E-state index contributed by atoms with van der Waals surface area (Å²) in [6.45, 7) is 5.18. The van der Waals surface area contributed by atoms with Crippen molar-refractivity contribution in [3.8, 4) is 5.75 Å². The number of hydrogen-bond donors (Lipinski definition) is 3. The smallest absolute Gasteiger partial charge is 0.426 e. The van der Waals surface area contributed by atoms with Gasteiger partial charge in [-0.15, -0.1) is 0 Å². The Morgan fingerprint density at radius 1 is 1.05 bits per heavy atom. The normalized spacial score (nSPS) is 10.4. The number of anilines is 1. The third-order valence-electron chi connectivity index (χ3n) is 2.02. The van der Waals surface area contributed by atoms with Crippen LogP contribution in [0.4, 0.5) is 15.3 Å². The fourth-order valence-corrected chi connectivity index (χ4v) is 1.25. The van der Waals surface area contributed by atoms with Crippen LogP contribution in [-0.4, -0.2) is 24.8 Å². The minimum Gasteiger partial charge on any atom is -0.497 e. The van der Waals surface area contributed by atoms with Crippen molar-refractivity contribution in [2.45, 2.75) is 26.4 Å². The number of hydrazine groups is 1. The van der Waals surface area contributed by atoms with Crippen molar-refractivity contribution in [2.24, 2.45) is 0 Å². The maximum Gasteiger partial charge on any atom is 0.426 e. The highest BCUT2D eigenvalue weighted by Gasteiger charge is 2.16. The van der Waals surface area contributed by atoms with Crippen molar-refractivity contribution >= 4 is 17.8 Å². The molecule has 0 fully saturated rings. The van der Waals surface area contributed by atoms with Crippen LogP contribution in [0.3, 0.4) is 0 Å². The second kappa shape index (κ2) is 6.65. The summed E-state index contributed by atoms with van der Waals surface area (Å²) >= 11 is 0. The van der Waals surface area contributed by atoms with Crippen LogP contribution >= 0.6 is 0 Å². The van der Waals surface area contributed by atoms with Crippen molar-refractivity contribution in [2.75, 3.05) is 12.4 Å². The number of rotatable bonds is 2. The van der Waals surface area contributed by atoms with E-state index in [0.29, 0.717) is 11.4 Å². The number of urea groups is 1. The van der Waals surface area contributed by atoms with E-state index in [2.05, 4.69) is 16.2 Å². The number of benzene rings is 1. The molecule has 1 aromatic rings. The number of ether oxygens (including phenoxy) is 2. The summed E-state index contributed by atoms with van der Waals surface area (Å²) in [6, 6.07) is 6.17. The second-order valence-electron chi connectivity index (χ2n) is 4.93. The van der Waals surface area contributed by atoms with Crippen LogP contribution in [0.1, 0.15) is 20.8 Å². The van der Waals surface area contributed by atoms with Crippen LogP contribution in [0.5, 0.6) is 5.75 Å². The van der Waals surface area contributed by atoms with Gasteiger partial charge in [0.25, 0.3) is 0 Å². The van der Waals surface area contributed by atoms with Crippen LogP contribution < -0.4 is 20.9 Å². The van der Waals surface area contributed by atoms with E-state index in [1.54, 1.807) is 52.1 Å². The molecule has 3 amide bonds. The molecule has 1 aromatic carbocycles. The van der Waals surface area contributed by atoms with Crippen molar-refractivity contribution in [3.63, 3.8) is 0 Å². The number of methoxy groups -OCH3 is 1. The minimum atomic E-state index is -0.734. The van der Waals surface area contributed by atoms with Crippen LogP contribution in [0.2, 0.25) is 0 Å². The average Bonchev–Trinajstić information content (AvgIpc) is 2.35. The molecule has 0 aliphatic carbocycles. The fourth-order valence-electron chi connectivity index (χ4n) is 1.25. The van der Waals surface area contributed by atoms with Gasteiger partial charge in [-0.25, -0.2) is 20.4 Å². The Morgan fingerprint density at radius 2 is 1.65 bits per heavy atom. The predicted octanol–water partition coefficient (Wildman–Crippen LogP) is 2.26. The first-order chi connectivity index (χ1) is 9.30. The Bertz CT molecular complexity index is 465. The van der Waals surface area contributed by atoms with Gasteiger partial charge in [-0.2, -0.15) is 0 Å². The summed E-state index contributed by atoms with van der Waals surface area (Å²) < 4.78 is 9.96. The van der Waals surface area contributed by atoms with Gasteiger partial charge < -0.3 is 14.8 Å². The lowest BCUT2D eigenvalue weighted by molar-refractivity contribution is 0.0506. The Labute approximate surface area is 117 Å². The molecule has 0 aliphatic heterocycles. The fraction of sp³-hybridized carbons (Fsp3) is 0.385. The second-order valence-corrected chi connectivity index (χ2v) is 4.93. The first kappa shape index (κ1) is 15.6. The molecular weight excluding hydrogens is 262 g/mol. The van der Waals surface area contributed by atoms with Gasteiger partial charge in [0.1, 0.15) is 11.4 Å². The molecule has 3 N–H and O–H groups in total. The highest BCUT2D eigenvalue weighted by atomic mass is 16.6. The van der Waals surface area contributed by atoms with Crippen molar-refractivity contribution in [3.05, 3.63) is 24.3 Å². The van der Waals surface area contributed by atoms with Gasteiger partial charge in [-0.05, 0) is 45.0 Å². The van der Waals surface area contributed by atoms with Gasteiger partial charge in [0, 0.05) is 5.69 Å². The maximum atomic E-state index is 11.5. The molecule has 0 heterocycles. The molecule has 7 nitrogen and oxygen atoms in total. The molecule has 1 rings (SSSR count). The van der Waals surface area contributed by atoms with Crippen LogP contribution in [0.25, 0.3) is 0 Å². The van der Waals surface area contributed by atoms with E-state index in [9.17, 15) is 9.59 Å². The molecule has 0 saturated heterocycles. The third-order valence-corrected chi connectivity index (χ3v) is 2.02. The van der Waals surface area contributed by atoms with Gasteiger partial charge in [0.15, 0.2) is 0 Å². The van der Waals surface area contributed by atoms with Gasteiger partial charge >= 0.3 is 12.1 Å². The zero-order valence-electron chi connectivity index (χ0n) is 11.9. The number of carbonyl (C=O) groups excluding carboxylic acids is 2. The molecule has 7 heteroatoms.